The van der Waals surface area contributed by atoms with E-state index in [0.717, 1.165) is 25.8 Å². The Kier molecular flexibility index (Phi) is 3.80. The summed E-state index contributed by atoms with van der Waals surface area (Å²) in [4.78, 5) is 13.4. The summed E-state index contributed by atoms with van der Waals surface area (Å²) in [5, 5.41) is 2.63. The number of hydrogen-bond acceptors (Lipinski definition) is 1. The summed E-state index contributed by atoms with van der Waals surface area (Å²) in [5.41, 5.74) is 0. The molecule has 3 heteroatoms. The highest BCUT2D eigenvalue weighted by Gasteiger charge is 2.24. The number of carbonyl (C=O) groups is 1. The van der Waals surface area contributed by atoms with E-state index in [-0.39, 0.29) is 6.03 Å². The van der Waals surface area contributed by atoms with Crippen molar-refractivity contribution in [1.82, 2.24) is 10.2 Å². The zero-order chi connectivity index (χ0) is 9.68. The van der Waals surface area contributed by atoms with E-state index >= 15 is 0 Å². The first-order valence-corrected chi connectivity index (χ1v) is 4.97. The van der Waals surface area contributed by atoms with Crippen LogP contribution in [0.5, 0.6) is 0 Å². The van der Waals surface area contributed by atoms with Crippen molar-refractivity contribution in [2.24, 2.45) is 0 Å². The molecular formula is C10H18N2O. The lowest BCUT2D eigenvalue weighted by molar-refractivity contribution is 0.152. The predicted molar refractivity (Wildman–Crippen MR) is 53.4 cm³/mol. The first-order chi connectivity index (χ1) is 6.29. The molecule has 0 aromatic rings. The quantitative estimate of drug-likeness (QED) is 0.697. The maximum absolute atomic E-state index is 11.5. The molecule has 1 fully saturated rings. The Labute approximate surface area is 79.8 Å². The van der Waals surface area contributed by atoms with E-state index in [1.54, 1.807) is 0 Å². The average molecular weight is 182 g/mol. The second-order valence-electron chi connectivity index (χ2n) is 3.40. The van der Waals surface area contributed by atoms with Gasteiger partial charge in [-0.2, -0.15) is 0 Å². The van der Waals surface area contributed by atoms with Gasteiger partial charge in [-0.3, -0.25) is 0 Å². The zero-order valence-electron chi connectivity index (χ0n) is 8.25. The van der Waals surface area contributed by atoms with Crippen LogP contribution in [0.15, 0.2) is 12.8 Å². The second kappa shape index (κ2) is 4.90. The molecule has 0 spiro atoms. The van der Waals surface area contributed by atoms with Crippen LogP contribution in [-0.2, 0) is 0 Å². The Morgan fingerprint density at radius 1 is 1.69 bits per heavy atom. The number of rotatable bonds is 2. The summed E-state index contributed by atoms with van der Waals surface area (Å²) in [6.07, 6.45) is 6.01. The molecule has 74 valence electrons. The average Bonchev–Trinajstić information content (AvgIpc) is 2.18. The van der Waals surface area contributed by atoms with Gasteiger partial charge in [-0.05, 0) is 31.9 Å². The lowest BCUT2D eigenvalue weighted by Gasteiger charge is -2.34. The number of urea groups is 1. The van der Waals surface area contributed by atoms with Gasteiger partial charge in [-0.1, -0.05) is 13.5 Å². The summed E-state index contributed by atoms with van der Waals surface area (Å²) in [6, 6.07) is 0.426. The fraction of sp³-hybridized carbons (Fsp3) is 0.700. The molecule has 1 unspecified atom stereocenters. The number of piperidine rings is 1. The normalized spacial score (nSPS) is 22.5. The molecule has 1 aliphatic rings. The summed E-state index contributed by atoms with van der Waals surface area (Å²) < 4.78 is 0. The van der Waals surface area contributed by atoms with Gasteiger partial charge in [0.2, 0.25) is 0 Å². The summed E-state index contributed by atoms with van der Waals surface area (Å²) in [5.74, 6) is 0. The lowest BCUT2D eigenvalue weighted by atomic mass is 10.0. The van der Waals surface area contributed by atoms with Crippen molar-refractivity contribution >= 4 is 6.03 Å². The molecule has 1 rings (SSSR count). The second-order valence-corrected chi connectivity index (χ2v) is 3.40. The van der Waals surface area contributed by atoms with E-state index in [0.29, 0.717) is 6.04 Å². The van der Waals surface area contributed by atoms with Gasteiger partial charge in [0.1, 0.15) is 0 Å². The smallest absolute Gasteiger partial charge is 0.321 e. The molecule has 1 N–H and O–H groups in total. The molecule has 0 bridgehead atoms. The predicted octanol–water partition coefficient (Wildman–Crippen LogP) is 2.10. The topological polar surface area (TPSA) is 32.3 Å². The van der Waals surface area contributed by atoms with Crippen LogP contribution in [0, 0.1) is 0 Å². The molecule has 0 aromatic heterocycles. The third-order valence-electron chi connectivity index (χ3n) is 2.58. The number of amides is 2. The van der Waals surface area contributed by atoms with Gasteiger partial charge in [0, 0.05) is 12.6 Å². The summed E-state index contributed by atoms with van der Waals surface area (Å²) in [7, 11) is 0. The van der Waals surface area contributed by atoms with Crippen LogP contribution in [0.1, 0.15) is 32.6 Å². The largest absolute Gasteiger partial charge is 0.322 e. The third kappa shape index (κ3) is 2.47. The highest BCUT2D eigenvalue weighted by atomic mass is 16.2. The molecule has 0 aromatic carbocycles. The Hall–Kier alpha value is -0.990. The fourth-order valence-electron chi connectivity index (χ4n) is 1.86. The monoisotopic (exact) mass is 182 g/mol. The first-order valence-electron chi connectivity index (χ1n) is 4.97. The van der Waals surface area contributed by atoms with Crippen molar-refractivity contribution in [3.05, 3.63) is 12.8 Å². The Morgan fingerprint density at radius 3 is 3.08 bits per heavy atom. The minimum Gasteiger partial charge on any atom is -0.322 e. The van der Waals surface area contributed by atoms with Gasteiger partial charge in [-0.15, -0.1) is 0 Å². The van der Waals surface area contributed by atoms with E-state index in [9.17, 15) is 4.79 Å². The van der Waals surface area contributed by atoms with Crippen LogP contribution in [0.4, 0.5) is 4.79 Å². The highest BCUT2D eigenvalue weighted by molar-refractivity contribution is 5.75. The van der Waals surface area contributed by atoms with Crippen molar-refractivity contribution in [1.29, 1.82) is 0 Å². The SMILES string of the molecule is C=CNC(=O)N1CCCCC1CC. The number of likely N-dealkylation sites (tertiary alicyclic amines) is 1. The van der Waals surface area contributed by atoms with Gasteiger partial charge < -0.3 is 10.2 Å². The summed E-state index contributed by atoms with van der Waals surface area (Å²) in [6.45, 7) is 6.50. The Bertz CT molecular complexity index is 191. The fourth-order valence-corrected chi connectivity index (χ4v) is 1.86. The van der Waals surface area contributed by atoms with Crippen LogP contribution in [0.2, 0.25) is 0 Å². The lowest BCUT2D eigenvalue weighted by Crippen LogP contribution is -2.47. The number of nitrogens with zero attached hydrogens (tertiary/aromatic N) is 1. The third-order valence-corrected chi connectivity index (χ3v) is 2.58. The molecule has 0 saturated carbocycles. The van der Waals surface area contributed by atoms with E-state index in [1.165, 1.54) is 12.6 Å². The van der Waals surface area contributed by atoms with Gasteiger partial charge in [0.25, 0.3) is 0 Å². The van der Waals surface area contributed by atoms with Crippen molar-refractivity contribution in [3.63, 3.8) is 0 Å². The standard InChI is InChI=1S/C10H18N2O/c1-3-9-7-5-6-8-12(9)10(13)11-4-2/h4,9H,2-3,5-8H2,1H3,(H,11,13). The van der Waals surface area contributed by atoms with Crippen LogP contribution in [0.25, 0.3) is 0 Å². The van der Waals surface area contributed by atoms with Gasteiger partial charge in [0.05, 0.1) is 0 Å². The maximum atomic E-state index is 11.5. The van der Waals surface area contributed by atoms with Gasteiger partial charge in [0.15, 0.2) is 0 Å². The van der Waals surface area contributed by atoms with Gasteiger partial charge in [-0.25, -0.2) is 4.79 Å². The van der Waals surface area contributed by atoms with Crippen LogP contribution < -0.4 is 5.32 Å². The molecule has 1 saturated heterocycles. The van der Waals surface area contributed by atoms with Crippen molar-refractivity contribution in [3.8, 4) is 0 Å². The molecule has 0 radical (unpaired) electrons. The number of nitrogens with one attached hydrogen (secondary N) is 1. The van der Waals surface area contributed by atoms with Crippen molar-refractivity contribution < 1.29 is 4.79 Å². The van der Waals surface area contributed by atoms with Crippen molar-refractivity contribution in [2.45, 2.75) is 38.6 Å². The first kappa shape index (κ1) is 10.1. The molecule has 13 heavy (non-hydrogen) atoms. The van der Waals surface area contributed by atoms with Crippen LogP contribution in [0.3, 0.4) is 0 Å². The molecule has 3 nitrogen and oxygen atoms in total. The maximum Gasteiger partial charge on any atom is 0.321 e. The van der Waals surface area contributed by atoms with E-state index < -0.39 is 0 Å². The molecule has 1 aliphatic heterocycles. The zero-order valence-corrected chi connectivity index (χ0v) is 8.25. The Balaban J connectivity index is 2.52. The molecule has 1 heterocycles. The van der Waals surface area contributed by atoms with Crippen LogP contribution >= 0.6 is 0 Å². The molecule has 2 amide bonds. The minimum atomic E-state index is 0.00144. The Morgan fingerprint density at radius 2 is 2.46 bits per heavy atom. The highest BCUT2D eigenvalue weighted by Crippen LogP contribution is 2.19. The van der Waals surface area contributed by atoms with Crippen LogP contribution in [-0.4, -0.2) is 23.5 Å². The van der Waals surface area contributed by atoms with Gasteiger partial charge >= 0.3 is 6.03 Å². The number of hydrogen-bond donors (Lipinski definition) is 1. The van der Waals surface area contributed by atoms with E-state index in [1.807, 2.05) is 4.90 Å². The summed E-state index contributed by atoms with van der Waals surface area (Å²) >= 11 is 0. The van der Waals surface area contributed by atoms with E-state index in [4.69, 9.17) is 0 Å². The molecule has 1 atom stereocenters. The molecular weight excluding hydrogens is 164 g/mol. The van der Waals surface area contributed by atoms with Crippen molar-refractivity contribution in [2.75, 3.05) is 6.54 Å². The number of carbonyl (C=O) groups excluding carboxylic acids is 1. The molecule has 0 aliphatic carbocycles. The minimum absolute atomic E-state index is 0.00144. The van der Waals surface area contributed by atoms with E-state index in [2.05, 4.69) is 18.8 Å².